The van der Waals surface area contributed by atoms with Crippen molar-refractivity contribution in [2.45, 2.75) is 0 Å². The van der Waals surface area contributed by atoms with Crippen molar-refractivity contribution in [3.05, 3.63) is 46.9 Å². The van der Waals surface area contributed by atoms with E-state index in [2.05, 4.69) is 16.9 Å². The first kappa shape index (κ1) is 15.2. The highest BCUT2D eigenvalue weighted by Crippen LogP contribution is 2.24. The van der Waals surface area contributed by atoms with Crippen molar-refractivity contribution in [3.8, 4) is 5.75 Å². The number of fused-ring (bicyclic) bond motifs is 1. The Morgan fingerprint density at radius 3 is 3.00 bits per heavy atom. The van der Waals surface area contributed by atoms with Crippen LogP contribution in [0, 0.1) is 0 Å². The van der Waals surface area contributed by atoms with Crippen LogP contribution >= 0.6 is 0 Å². The van der Waals surface area contributed by atoms with Crippen molar-refractivity contribution in [1.82, 2.24) is 15.0 Å². The van der Waals surface area contributed by atoms with E-state index in [1.165, 1.54) is 24.4 Å². The Labute approximate surface area is 124 Å². The molecule has 2 heterocycles. The second-order valence-electron chi connectivity index (χ2n) is 4.16. The summed E-state index contributed by atoms with van der Waals surface area (Å²) in [7, 11) is 0. The second-order valence-corrected chi connectivity index (χ2v) is 4.16. The van der Waals surface area contributed by atoms with E-state index in [4.69, 9.17) is 4.84 Å². The van der Waals surface area contributed by atoms with E-state index in [9.17, 15) is 19.5 Å². The Morgan fingerprint density at radius 2 is 2.32 bits per heavy atom. The van der Waals surface area contributed by atoms with Crippen LogP contribution in [0.25, 0.3) is 11.0 Å². The van der Waals surface area contributed by atoms with E-state index in [-0.39, 0.29) is 24.2 Å². The number of amides is 1. The van der Waals surface area contributed by atoms with Crippen LogP contribution in [0.3, 0.4) is 0 Å². The van der Waals surface area contributed by atoms with E-state index in [1.807, 2.05) is 0 Å². The van der Waals surface area contributed by atoms with Gasteiger partial charge >= 0.3 is 5.56 Å². The largest absolute Gasteiger partial charge is 0.506 e. The molecule has 0 bridgehead atoms. The fourth-order valence-corrected chi connectivity index (χ4v) is 1.85. The fraction of sp³-hybridized carbons (Fsp3) is 0.143. The molecule has 22 heavy (non-hydrogen) atoms. The number of nitrogens with zero attached hydrogens (tertiary/aromatic N) is 2. The zero-order chi connectivity index (χ0) is 16.1. The predicted molar refractivity (Wildman–Crippen MR) is 77.7 cm³/mol. The van der Waals surface area contributed by atoms with Gasteiger partial charge in [0.25, 0.3) is 5.91 Å². The molecule has 0 unspecified atom stereocenters. The van der Waals surface area contributed by atoms with Gasteiger partial charge in [-0.3, -0.25) is 9.59 Å². The lowest BCUT2D eigenvalue weighted by Gasteiger charge is -2.13. The maximum Gasteiger partial charge on any atom is 0.301 e. The number of rotatable bonds is 6. The van der Waals surface area contributed by atoms with Gasteiger partial charge in [0.05, 0.1) is 11.9 Å². The third-order valence-corrected chi connectivity index (χ3v) is 2.76. The van der Waals surface area contributed by atoms with Crippen LogP contribution < -0.4 is 15.7 Å². The van der Waals surface area contributed by atoms with Crippen LogP contribution in [0.15, 0.2) is 35.8 Å². The number of aldehydes is 1. The molecule has 2 aromatic heterocycles. The number of aromatic hydroxyl groups is 1. The van der Waals surface area contributed by atoms with Crippen LogP contribution in [0.1, 0.15) is 10.4 Å². The normalized spacial score (nSPS) is 10.2. The summed E-state index contributed by atoms with van der Waals surface area (Å²) >= 11 is 0. The van der Waals surface area contributed by atoms with Gasteiger partial charge in [0, 0.05) is 6.20 Å². The van der Waals surface area contributed by atoms with Gasteiger partial charge in [-0.1, -0.05) is 12.7 Å². The van der Waals surface area contributed by atoms with Crippen molar-refractivity contribution in [1.29, 1.82) is 0 Å². The summed E-state index contributed by atoms with van der Waals surface area (Å²) in [4.78, 5) is 43.9. The van der Waals surface area contributed by atoms with Crippen molar-refractivity contribution in [3.63, 3.8) is 0 Å². The first-order chi connectivity index (χ1) is 10.6. The molecule has 0 saturated heterocycles. The van der Waals surface area contributed by atoms with Gasteiger partial charge in [-0.2, -0.15) is 0 Å². The number of carbonyl (C=O) groups excluding carboxylic acids is 2. The van der Waals surface area contributed by atoms with Gasteiger partial charge in [0.1, 0.15) is 18.6 Å². The van der Waals surface area contributed by atoms with E-state index >= 15 is 0 Å². The van der Waals surface area contributed by atoms with Crippen LogP contribution in [-0.2, 0) is 4.79 Å². The SMILES string of the molecule is C=CCOn1c(=O)c(C(=O)NCC=O)c(O)c2cccnc21. The van der Waals surface area contributed by atoms with Crippen molar-refractivity contribution in [2.24, 2.45) is 0 Å². The Kier molecular flexibility index (Phi) is 4.52. The Bertz CT molecular complexity index is 797. The van der Waals surface area contributed by atoms with E-state index in [1.54, 1.807) is 0 Å². The van der Waals surface area contributed by atoms with Crippen LogP contribution in [-0.4, -0.2) is 40.2 Å². The molecule has 0 aliphatic heterocycles. The molecule has 0 aliphatic carbocycles. The molecule has 0 atom stereocenters. The molecule has 114 valence electrons. The molecule has 1 amide bonds. The third kappa shape index (κ3) is 2.66. The van der Waals surface area contributed by atoms with Crippen LogP contribution in [0.5, 0.6) is 5.75 Å². The highest BCUT2D eigenvalue weighted by atomic mass is 16.7. The molecule has 0 radical (unpaired) electrons. The number of nitrogens with one attached hydrogen (secondary N) is 1. The minimum absolute atomic E-state index is 0.00571. The molecule has 2 N–H and O–H groups in total. The maximum atomic E-state index is 12.4. The summed E-state index contributed by atoms with van der Waals surface area (Å²) in [6.45, 7) is 3.20. The van der Waals surface area contributed by atoms with Gasteiger partial charge in [0.2, 0.25) is 0 Å². The summed E-state index contributed by atoms with van der Waals surface area (Å²) in [5.41, 5.74) is -1.33. The highest BCUT2D eigenvalue weighted by Gasteiger charge is 2.23. The highest BCUT2D eigenvalue weighted by molar-refractivity contribution is 6.02. The van der Waals surface area contributed by atoms with Gasteiger partial charge in [-0.05, 0) is 12.1 Å². The summed E-state index contributed by atoms with van der Waals surface area (Å²) in [5, 5.41) is 12.5. The third-order valence-electron chi connectivity index (χ3n) is 2.76. The monoisotopic (exact) mass is 303 g/mol. The van der Waals surface area contributed by atoms with Crippen molar-refractivity contribution >= 4 is 23.2 Å². The molecular formula is C14H13N3O5. The van der Waals surface area contributed by atoms with E-state index in [0.717, 1.165) is 4.73 Å². The quantitative estimate of drug-likeness (QED) is 0.557. The maximum absolute atomic E-state index is 12.4. The Balaban J connectivity index is 2.70. The van der Waals surface area contributed by atoms with Gasteiger partial charge < -0.3 is 20.1 Å². The lowest BCUT2D eigenvalue weighted by molar-refractivity contribution is -0.107. The molecule has 8 heteroatoms. The first-order valence-electron chi connectivity index (χ1n) is 6.30. The van der Waals surface area contributed by atoms with Gasteiger partial charge in [0.15, 0.2) is 11.2 Å². The number of aromatic nitrogens is 2. The number of hydrogen-bond donors (Lipinski definition) is 2. The molecule has 8 nitrogen and oxygen atoms in total. The van der Waals surface area contributed by atoms with E-state index in [0.29, 0.717) is 6.29 Å². The molecule has 0 aliphatic rings. The zero-order valence-corrected chi connectivity index (χ0v) is 11.5. The molecule has 2 aromatic rings. The molecule has 0 spiro atoms. The van der Waals surface area contributed by atoms with Crippen LogP contribution in [0.2, 0.25) is 0 Å². The molecule has 0 fully saturated rings. The molecule has 0 aromatic carbocycles. The lowest BCUT2D eigenvalue weighted by atomic mass is 10.1. The molecular weight excluding hydrogens is 290 g/mol. The minimum Gasteiger partial charge on any atom is -0.506 e. The Morgan fingerprint density at radius 1 is 1.55 bits per heavy atom. The van der Waals surface area contributed by atoms with Crippen molar-refractivity contribution < 1.29 is 19.5 Å². The van der Waals surface area contributed by atoms with Gasteiger partial charge in [-0.25, -0.2) is 4.98 Å². The smallest absolute Gasteiger partial charge is 0.301 e. The number of pyridine rings is 2. The van der Waals surface area contributed by atoms with Crippen molar-refractivity contribution in [2.75, 3.05) is 13.2 Å². The summed E-state index contributed by atoms with van der Waals surface area (Å²) in [6.07, 6.45) is 3.30. The summed E-state index contributed by atoms with van der Waals surface area (Å²) in [5.74, 6) is -1.40. The Hall–Kier alpha value is -3.16. The standard InChI is InChI=1S/C14H13N3O5/c1-2-8-22-17-12-9(4-3-5-15-12)11(19)10(14(17)21)13(20)16-6-7-18/h2-5,7,19H,1,6,8H2,(H,16,20). The average Bonchev–Trinajstić information content (AvgIpc) is 2.53. The zero-order valence-electron chi connectivity index (χ0n) is 11.5. The predicted octanol–water partition coefficient (Wildman–Crippen LogP) is -0.355. The number of hydrogen-bond acceptors (Lipinski definition) is 6. The average molecular weight is 303 g/mol. The fourth-order valence-electron chi connectivity index (χ4n) is 1.85. The van der Waals surface area contributed by atoms with Crippen LogP contribution in [0.4, 0.5) is 0 Å². The second kappa shape index (κ2) is 6.53. The molecule has 2 rings (SSSR count). The lowest BCUT2D eigenvalue weighted by Crippen LogP contribution is -2.36. The topological polar surface area (TPSA) is 111 Å². The summed E-state index contributed by atoms with van der Waals surface area (Å²) in [6, 6.07) is 3.03. The van der Waals surface area contributed by atoms with E-state index < -0.39 is 22.8 Å². The first-order valence-corrected chi connectivity index (χ1v) is 6.30. The summed E-state index contributed by atoms with van der Waals surface area (Å²) < 4.78 is 0.812. The molecule has 0 saturated carbocycles. The van der Waals surface area contributed by atoms with Gasteiger partial charge in [-0.15, -0.1) is 4.73 Å². The number of carbonyl (C=O) groups is 2. The minimum atomic E-state index is -0.881.